The van der Waals surface area contributed by atoms with Crippen molar-refractivity contribution in [3.8, 4) is 6.07 Å². The number of para-hydroxylation sites is 1. The van der Waals surface area contributed by atoms with Crippen molar-refractivity contribution in [2.24, 2.45) is 0 Å². The fraction of sp³-hybridized carbons (Fsp3) is 0.0667. The summed E-state index contributed by atoms with van der Waals surface area (Å²) < 4.78 is 0.840. The summed E-state index contributed by atoms with van der Waals surface area (Å²) in [7, 11) is 0. The van der Waals surface area contributed by atoms with E-state index in [2.05, 4.69) is 26.6 Å². The Morgan fingerprint density at radius 1 is 1.15 bits per heavy atom. The topological polar surface area (TPSA) is 64.9 Å². The van der Waals surface area contributed by atoms with Gasteiger partial charge in [0.15, 0.2) is 0 Å². The number of benzene rings is 2. The highest BCUT2D eigenvalue weighted by Crippen LogP contribution is 2.20. The zero-order valence-electron chi connectivity index (χ0n) is 10.6. The number of carbonyl (C=O) groups excluding carboxylic acids is 1. The molecule has 20 heavy (non-hydrogen) atoms. The monoisotopic (exact) mass is 329 g/mol. The van der Waals surface area contributed by atoms with E-state index in [-0.39, 0.29) is 12.5 Å². The van der Waals surface area contributed by atoms with E-state index in [1.165, 1.54) is 0 Å². The number of nitrogens with one attached hydrogen (secondary N) is 2. The summed E-state index contributed by atoms with van der Waals surface area (Å²) in [4.78, 5) is 11.8. The molecule has 2 rings (SSSR count). The predicted octanol–water partition coefficient (Wildman–Crippen LogP) is 3.37. The summed E-state index contributed by atoms with van der Waals surface area (Å²) in [6, 6.07) is 16.4. The van der Waals surface area contributed by atoms with Crippen LogP contribution >= 0.6 is 15.9 Å². The summed E-state index contributed by atoms with van der Waals surface area (Å²) in [6.07, 6.45) is 0. The highest BCUT2D eigenvalue weighted by atomic mass is 79.9. The number of amides is 1. The fourth-order valence-electron chi connectivity index (χ4n) is 1.60. The second-order valence-electron chi connectivity index (χ2n) is 4.07. The van der Waals surface area contributed by atoms with Crippen molar-refractivity contribution < 1.29 is 4.79 Å². The van der Waals surface area contributed by atoms with Gasteiger partial charge >= 0.3 is 0 Å². The van der Waals surface area contributed by atoms with Crippen molar-refractivity contribution in [3.05, 3.63) is 58.6 Å². The molecule has 2 N–H and O–H groups in total. The molecule has 5 heteroatoms. The molecule has 0 saturated carbocycles. The van der Waals surface area contributed by atoms with Gasteiger partial charge in [0.25, 0.3) is 0 Å². The lowest BCUT2D eigenvalue weighted by atomic mass is 10.2. The maximum Gasteiger partial charge on any atom is 0.243 e. The molecule has 1 amide bonds. The molecule has 0 saturated heterocycles. The summed E-state index contributed by atoms with van der Waals surface area (Å²) in [5, 5.41) is 14.5. The predicted molar refractivity (Wildman–Crippen MR) is 82.4 cm³/mol. The SMILES string of the molecule is N#Cc1ccc(NCC(=O)Nc2ccccc2Br)cc1. The van der Waals surface area contributed by atoms with Crippen LogP contribution in [0.5, 0.6) is 0 Å². The Morgan fingerprint density at radius 3 is 2.50 bits per heavy atom. The lowest BCUT2D eigenvalue weighted by Crippen LogP contribution is -2.21. The molecule has 0 atom stereocenters. The van der Waals surface area contributed by atoms with Crippen molar-refractivity contribution >= 4 is 33.2 Å². The number of halogens is 1. The normalized spacial score (nSPS) is 9.60. The van der Waals surface area contributed by atoms with E-state index in [9.17, 15) is 4.79 Å². The van der Waals surface area contributed by atoms with Gasteiger partial charge in [-0.05, 0) is 52.3 Å². The molecule has 0 bridgehead atoms. The summed E-state index contributed by atoms with van der Waals surface area (Å²) in [5.74, 6) is -0.138. The molecule has 0 aliphatic rings. The molecule has 0 radical (unpaired) electrons. The van der Waals surface area contributed by atoms with E-state index < -0.39 is 0 Å². The van der Waals surface area contributed by atoms with Gasteiger partial charge in [-0.3, -0.25) is 4.79 Å². The Labute approximate surface area is 125 Å². The summed E-state index contributed by atoms with van der Waals surface area (Å²) in [5.41, 5.74) is 2.12. The minimum Gasteiger partial charge on any atom is -0.376 e. The van der Waals surface area contributed by atoms with Gasteiger partial charge in [0.1, 0.15) is 0 Å². The number of carbonyl (C=O) groups is 1. The fourth-order valence-corrected chi connectivity index (χ4v) is 1.99. The number of hydrogen-bond acceptors (Lipinski definition) is 3. The third-order valence-corrected chi connectivity index (χ3v) is 3.31. The van der Waals surface area contributed by atoms with Gasteiger partial charge in [-0.1, -0.05) is 12.1 Å². The Hall–Kier alpha value is -2.32. The maximum absolute atomic E-state index is 11.8. The van der Waals surface area contributed by atoms with Crippen molar-refractivity contribution in [1.82, 2.24) is 0 Å². The van der Waals surface area contributed by atoms with Gasteiger partial charge in [0.05, 0.1) is 23.9 Å². The zero-order chi connectivity index (χ0) is 14.4. The van der Waals surface area contributed by atoms with E-state index in [1.54, 1.807) is 24.3 Å². The molecule has 0 unspecified atom stereocenters. The number of nitrogens with zero attached hydrogens (tertiary/aromatic N) is 1. The Bertz CT molecular complexity index is 647. The summed E-state index contributed by atoms with van der Waals surface area (Å²) in [6.45, 7) is 0.160. The second kappa shape index (κ2) is 6.73. The lowest BCUT2D eigenvalue weighted by molar-refractivity contribution is -0.114. The van der Waals surface area contributed by atoms with Crippen molar-refractivity contribution in [2.45, 2.75) is 0 Å². The first-order chi connectivity index (χ1) is 9.69. The highest BCUT2D eigenvalue weighted by molar-refractivity contribution is 9.10. The van der Waals surface area contributed by atoms with Gasteiger partial charge in [-0.2, -0.15) is 5.26 Å². The number of anilines is 2. The van der Waals surface area contributed by atoms with E-state index in [4.69, 9.17) is 5.26 Å². The molecule has 0 heterocycles. The molecule has 2 aromatic carbocycles. The van der Waals surface area contributed by atoms with Crippen LogP contribution in [0, 0.1) is 11.3 Å². The maximum atomic E-state index is 11.8. The van der Waals surface area contributed by atoms with Crippen LogP contribution in [0.15, 0.2) is 53.0 Å². The van der Waals surface area contributed by atoms with E-state index in [1.807, 2.05) is 30.3 Å². The molecule has 0 aliphatic heterocycles. The average molecular weight is 330 g/mol. The van der Waals surface area contributed by atoms with E-state index >= 15 is 0 Å². The molecule has 2 aromatic rings. The lowest BCUT2D eigenvalue weighted by Gasteiger charge is -2.09. The molecule has 0 aromatic heterocycles. The van der Waals surface area contributed by atoms with Crippen LogP contribution in [-0.4, -0.2) is 12.5 Å². The van der Waals surface area contributed by atoms with Crippen LogP contribution in [0.1, 0.15) is 5.56 Å². The summed E-state index contributed by atoms with van der Waals surface area (Å²) >= 11 is 3.37. The average Bonchev–Trinajstić information content (AvgIpc) is 2.48. The molecule has 4 nitrogen and oxygen atoms in total. The number of rotatable bonds is 4. The van der Waals surface area contributed by atoms with Crippen LogP contribution in [-0.2, 0) is 4.79 Å². The first kappa shape index (κ1) is 14.1. The van der Waals surface area contributed by atoms with Crippen LogP contribution in [0.2, 0.25) is 0 Å². The standard InChI is InChI=1S/C15H12BrN3O/c16-13-3-1-2-4-14(13)19-15(20)10-18-12-7-5-11(9-17)6-8-12/h1-8,18H,10H2,(H,19,20). The number of hydrogen-bond donors (Lipinski definition) is 2. The van der Waals surface area contributed by atoms with Crippen molar-refractivity contribution in [2.75, 3.05) is 17.2 Å². The van der Waals surface area contributed by atoms with Crippen molar-refractivity contribution in [3.63, 3.8) is 0 Å². The largest absolute Gasteiger partial charge is 0.376 e. The van der Waals surface area contributed by atoms with Gasteiger partial charge in [-0.25, -0.2) is 0 Å². The van der Waals surface area contributed by atoms with Gasteiger partial charge in [-0.15, -0.1) is 0 Å². The Balaban J connectivity index is 1.89. The second-order valence-corrected chi connectivity index (χ2v) is 4.93. The van der Waals surface area contributed by atoms with Crippen LogP contribution in [0.4, 0.5) is 11.4 Å². The first-order valence-electron chi connectivity index (χ1n) is 5.97. The minimum absolute atomic E-state index is 0.138. The Kier molecular flexibility index (Phi) is 4.75. The quantitative estimate of drug-likeness (QED) is 0.903. The molecule has 100 valence electrons. The van der Waals surface area contributed by atoms with Crippen LogP contribution in [0.3, 0.4) is 0 Å². The molecule has 0 fully saturated rings. The van der Waals surface area contributed by atoms with Crippen LogP contribution < -0.4 is 10.6 Å². The van der Waals surface area contributed by atoms with Crippen molar-refractivity contribution in [1.29, 1.82) is 5.26 Å². The van der Waals surface area contributed by atoms with Gasteiger partial charge in [0.2, 0.25) is 5.91 Å². The highest BCUT2D eigenvalue weighted by Gasteiger charge is 2.04. The molecule has 0 spiro atoms. The first-order valence-corrected chi connectivity index (χ1v) is 6.77. The Morgan fingerprint density at radius 2 is 1.85 bits per heavy atom. The number of nitriles is 1. The van der Waals surface area contributed by atoms with Gasteiger partial charge in [0, 0.05) is 10.2 Å². The van der Waals surface area contributed by atoms with E-state index in [0.717, 1.165) is 15.8 Å². The third kappa shape index (κ3) is 3.84. The molecular formula is C15H12BrN3O. The smallest absolute Gasteiger partial charge is 0.243 e. The zero-order valence-corrected chi connectivity index (χ0v) is 12.1. The van der Waals surface area contributed by atoms with E-state index in [0.29, 0.717) is 5.56 Å². The van der Waals surface area contributed by atoms with Gasteiger partial charge < -0.3 is 10.6 Å². The molecule has 0 aliphatic carbocycles. The minimum atomic E-state index is -0.138. The third-order valence-electron chi connectivity index (χ3n) is 2.62. The van der Waals surface area contributed by atoms with Crippen LogP contribution in [0.25, 0.3) is 0 Å². The molecular weight excluding hydrogens is 318 g/mol.